The van der Waals surface area contributed by atoms with Crippen molar-refractivity contribution >= 4 is 38.5 Å². The molecule has 1 aromatic carbocycles. The van der Waals surface area contributed by atoms with Gasteiger partial charge in [-0.15, -0.1) is 0 Å². The van der Waals surface area contributed by atoms with Crippen LogP contribution >= 0.6 is 11.6 Å². The second-order valence-electron chi connectivity index (χ2n) is 6.78. The summed E-state index contributed by atoms with van der Waals surface area (Å²) in [6, 6.07) is 3.11. The van der Waals surface area contributed by atoms with Crippen molar-refractivity contribution in [2.45, 2.75) is 11.5 Å². The van der Waals surface area contributed by atoms with Crippen molar-refractivity contribution in [2.24, 2.45) is 7.05 Å². The number of sulfonamides is 1. The van der Waals surface area contributed by atoms with Crippen LogP contribution in [-0.4, -0.2) is 54.0 Å². The van der Waals surface area contributed by atoms with Gasteiger partial charge in [-0.05, 0) is 12.1 Å². The number of alkyl halides is 2. The van der Waals surface area contributed by atoms with Gasteiger partial charge in [0, 0.05) is 36.0 Å². The molecule has 4 rings (SSSR count). The Balaban J connectivity index is 1.77. The number of H-pyrrole nitrogens is 1. The van der Waals surface area contributed by atoms with Gasteiger partial charge in [0.25, 0.3) is 21.8 Å². The Labute approximate surface area is 196 Å². The van der Waals surface area contributed by atoms with E-state index in [1.807, 2.05) is 0 Å². The lowest BCUT2D eigenvalue weighted by atomic mass is 10.1. The molecule has 15 heteroatoms. The highest BCUT2D eigenvalue weighted by atomic mass is 35.5. The van der Waals surface area contributed by atoms with Gasteiger partial charge < -0.3 is 19.2 Å². The molecule has 0 spiro atoms. The lowest BCUT2D eigenvalue weighted by molar-refractivity contribution is -0.0533. The van der Waals surface area contributed by atoms with Crippen LogP contribution in [-0.2, 0) is 17.1 Å². The molecule has 0 aliphatic carbocycles. The SMILES string of the molecule is COc1nc(NS(=O)(=O)c2c[nH]c3c(-c4cnn(C)c4)c(Cl)ccc23)nc(OC)c1OC(F)F. The highest BCUT2D eigenvalue weighted by Crippen LogP contribution is 2.39. The molecule has 0 unspecified atom stereocenters. The molecule has 0 fully saturated rings. The molecule has 11 nitrogen and oxygen atoms in total. The largest absolute Gasteiger partial charge is 0.478 e. The minimum atomic E-state index is -4.26. The monoisotopic (exact) mass is 514 g/mol. The van der Waals surface area contributed by atoms with Crippen LogP contribution < -0.4 is 18.9 Å². The van der Waals surface area contributed by atoms with Crippen molar-refractivity contribution in [1.82, 2.24) is 24.7 Å². The van der Waals surface area contributed by atoms with Crippen molar-refractivity contribution in [3.63, 3.8) is 0 Å². The highest BCUT2D eigenvalue weighted by molar-refractivity contribution is 7.93. The average molecular weight is 515 g/mol. The third-order valence-corrected chi connectivity index (χ3v) is 6.36. The van der Waals surface area contributed by atoms with Crippen LogP contribution in [0.15, 0.2) is 35.6 Å². The first kappa shape index (κ1) is 23.5. The van der Waals surface area contributed by atoms with Gasteiger partial charge in [0.05, 0.1) is 31.0 Å². The third kappa shape index (κ3) is 4.28. The predicted molar refractivity (Wildman–Crippen MR) is 118 cm³/mol. The van der Waals surface area contributed by atoms with Gasteiger partial charge in [-0.2, -0.15) is 23.8 Å². The average Bonchev–Trinajstić information content (AvgIpc) is 3.40. The number of nitrogens with one attached hydrogen (secondary N) is 2. The summed E-state index contributed by atoms with van der Waals surface area (Å²) in [5, 5.41) is 4.86. The second-order valence-corrected chi connectivity index (χ2v) is 8.84. The lowest BCUT2D eigenvalue weighted by Crippen LogP contribution is -2.16. The van der Waals surface area contributed by atoms with E-state index in [9.17, 15) is 17.2 Å². The molecule has 0 atom stereocenters. The first-order valence-corrected chi connectivity index (χ1v) is 11.3. The molecular formula is C19H17ClF2N6O5S. The van der Waals surface area contributed by atoms with Crippen LogP contribution in [0, 0.1) is 0 Å². The van der Waals surface area contributed by atoms with Crippen molar-refractivity contribution in [1.29, 1.82) is 0 Å². The predicted octanol–water partition coefficient (Wildman–Crippen LogP) is 3.43. The number of hydrogen-bond acceptors (Lipinski definition) is 8. The van der Waals surface area contributed by atoms with E-state index in [0.717, 1.165) is 14.2 Å². The Hall–Kier alpha value is -3.65. The van der Waals surface area contributed by atoms with E-state index in [0.29, 0.717) is 27.1 Å². The number of aromatic amines is 1. The van der Waals surface area contributed by atoms with Gasteiger partial charge in [0.1, 0.15) is 4.90 Å². The van der Waals surface area contributed by atoms with E-state index < -0.39 is 40.1 Å². The minimum absolute atomic E-state index is 0.126. The van der Waals surface area contributed by atoms with Gasteiger partial charge in [-0.25, -0.2) is 13.1 Å². The molecule has 0 radical (unpaired) electrons. The van der Waals surface area contributed by atoms with Crippen molar-refractivity contribution in [3.8, 4) is 28.6 Å². The van der Waals surface area contributed by atoms with Crippen molar-refractivity contribution in [2.75, 3.05) is 18.9 Å². The maximum Gasteiger partial charge on any atom is 0.387 e. The Morgan fingerprint density at radius 2 is 1.85 bits per heavy atom. The molecule has 0 bridgehead atoms. The molecule has 0 saturated heterocycles. The molecule has 3 aromatic heterocycles. The summed E-state index contributed by atoms with van der Waals surface area (Å²) >= 11 is 6.38. The summed E-state index contributed by atoms with van der Waals surface area (Å²) in [6.07, 6.45) is 4.62. The molecule has 3 heterocycles. The number of ether oxygens (including phenoxy) is 3. The molecule has 180 valence electrons. The molecule has 4 aromatic rings. The number of nitrogens with zero attached hydrogens (tertiary/aromatic N) is 4. The van der Waals surface area contributed by atoms with Crippen LogP contribution in [0.2, 0.25) is 5.02 Å². The standard InChI is InChI=1S/C19H17ClF2N6O5S/c1-28-8-9(6-24-28)13-11(20)5-4-10-12(7-23-14(10)13)34(29,30)27-19-25-16(31-2)15(33-18(21)22)17(26-19)32-3/h4-8,18,23H,1-3H3,(H,25,26,27). The topological polar surface area (TPSA) is 133 Å². The van der Waals surface area contributed by atoms with Crippen molar-refractivity contribution < 1.29 is 31.4 Å². The van der Waals surface area contributed by atoms with E-state index >= 15 is 0 Å². The van der Waals surface area contributed by atoms with Crippen LogP contribution in [0.5, 0.6) is 17.5 Å². The summed E-state index contributed by atoms with van der Waals surface area (Å²) in [6.45, 7) is -3.21. The normalized spacial score (nSPS) is 11.7. The number of benzene rings is 1. The van der Waals surface area contributed by atoms with E-state index in [4.69, 9.17) is 21.1 Å². The zero-order valence-corrected chi connectivity index (χ0v) is 19.4. The third-order valence-electron chi connectivity index (χ3n) is 4.67. The number of aryl methyl sites for hydroxylation is 1. The Bertz CT molecular complexity index is 1450. The number of methoxy groups -OCH3 is 2. The van der Waals surface area contributed by atoms with Gasteiger partial charge in [0.15, 0.2) is 0 Å². The summed E-state index contributed by atoms with van der Waals surface area (Å²) in [5.74, 6) is -1.96. The van der Waals surface area contributed by atoms with Crippen molar-refractivity contribution in [3.05, 3.63) is 35.7 Å². The van der Waals surface area contributed by atoms with E-state index in [2.05, 4.69) is 29.5 Å². The van der Waals surface area contributed by atoms with Gasteiger partial charge in [0.2, 0.25) is 11.7 Å². The number of hydrogen-bond donors (Lipinski definition) is 2. The molecule has 0 aliphatic rings. The lowest BCUT2D eigenvalue weighted by Gasteiger charge is -2.14. The molecule has 0 amide bonds. The zero-order valence-electron chi connectivity index (χ0n) is 17.8. The van der Waals surface area contributed by atoms with Crippen LogP contribution in [0.4, 0.5) is 14.7 Å². The smallest absolute Gasteiger partial charge is 0.387 e. The van der Waals surface area contributed by atoms with E-state index in [1.54, 1.807) is 36.3 Å². The van der Waals surface area contributed by atoms with Crippen LogP contribution in [0.1, 0.15) is 0 Å². The fourth-order valence-electron chi connectivity index (χ4n) is 3.30. The quantitative estimate of drug-likeness (QED) is 0.365. The van der Waals surface area contributed by atoms with E-state index in [1.165, 1.54) is 6.20 Å². The summed E-state index contributed by atoms with van der Waals surface area (Å²) in [4.78, 5) is 10.4. The summed E-state index contributed by atoms with van der Waals surface area (Å²) in [5.41, 5.74) is 1.73. The zero-order chi connectivity index (χ0) is 24.6. The number of rotatable bonds is 8. The number of fused-ring (bicyclic) bond motifs is 1. The first-order valence-electron chi connectivity index (χ1n) is 9.40. The molecule has 2 N–H and O–H groups in total. The Kier molecular flexibility index (Phi) is 6.18. The second kappa shape index (κ2) is 8.95. The maximum atomic E-state index is 13.2. The number of halogens is 3. The molecule has 0 saturated carbocycles. The summed E-state index contributed by atoms with van der Waals surface area (Å²) in [7, 11) is -0.236. The number of aromatic nitrogens is 5. The molecule has 0 aliphatic heterocycles. The van der Waals surface area contributed by atoms with Crippen LogP contribution in [0.3, 0.4) is 0 Å². The molecule has 34 heavy (non-hydrogen) atoms. The first-order chi connectivity index (χ1) is 16.1. The highest BCUT2D eigenvalue weighted by Gasteiger charge is 2.26. The fraction of sp³-hybridized carbons (Fsp3) is 0.211. The number of anilines is 1. The molecular weight excluding hydrogens is 498 g/mol. The van der Waals surface area contributed by atoms with Crippen LogP contribution in [0.25, 0.3) is 22.0 Å². The van der Waals surface area contributed by atoms with Gasteiger partial charge >= 0.3 is 6.61 Å². The Morgan fingerprint density at radius 3 is 2.41 bits per heavy atom. The van der Waals surface area contributed by atoms with E-state index in [-0.39, 0.29) is 4.90 Å². The maximum absolute atomic E-state index is 13.2. The minimum Gasteiger partial charge on any atom is -0.478 e. The van der Waals surface area contributed by atoms with Gasteiger partial charge in [-0.3, -0.25) is 4.68 Å². The summed E-state index contributed by atoms with van der Waals surface area (Å²) < 4.78 is 69.8. The van der Waals surface area contributed by atoms with Gasteiger partial charge in [-0.1, -0.05) is 11.6 Å². The fourth-order valence-corrected chi connectivity index (χ4v) is 4.68. The Morgan fingerprint density at radius 1 is 1.18 bits per heavy atom.